The van der Waals surface area contributed by atoms with Gasteiger partial charge in [-0.15, -0.1) is 11.3 Å². The van der Waals surface area contributed by atoms with E-state index in [1.807, 2.05) is 11.6 Å². The molecule has 4 aromatic rings. The van der Waals surface area contributed by atoms with Crippen molar-refractivity contribution < 1.29 is 27.4 Å². The molecule has 1 N–H and O–H groups in total. The first-order valence-electron chi connectivity index (χ1n) is 11.0. The molecule has 0 bridgehead atoms. The molecule has 0 aliphatic rings. The number of nitrogens with zero attached hydrogens (tertiary/aromatic N) is 3. The third-order valence-electron chi connectivity index (χ3n) is 5.73. The number of aromatic carboxylic acids is 1. The minimum atomic E-state index is -3.95. The van der Waals surface area contributed by atoms with Crippen LogP contribution in [0.25, 0.3) is 0 Å². The summed E-state index contributed by atoms with van der Waals surface area (Å²) in [5, 5.41) is 12.1. The summed E-state index contributed by atoms with van der Waals surface area (Å²) < 4.78 is 46.9. The third-order valence-corrected chi connectivity index (χ3v) is 8.02. The van der Waals surface area contributed by atoms with Gasteiger partial charge in [-0.3, -0.25) is 0 Å². The van der Waals surface area contributed by atoms with E-state index >= 15 is 0 Å². The number of carboxylic acids is 1. The molecule has 0 spiro atoms. The number of carbonyl (C=O) groups is 1. The van der Waals surface area contributed by atoms with E-state index in [0.29, 0.717) is 29.8 Å². The topological polar surface area (TPSA) is 111 Å². The number of hydrogen-bond acceptors (Lipinski definition) is 7. The predicted molar refractivity (Wildman–Crippen MR) is 132 cm³/mol. The average molecular weight is 530 g/mol. The van der Waals surface area contributed by atoms with E-state index in [0.717, 1.165) is 11.3 Å². The van der Waals surface area contributed by atoms with Crippen molar-refractivity contribution >= 4 is 27.1 Å². The second kappa shape index (κ2) is 11.1. The third kappa shape index (κ3) is 6.23. The van der Waals surface area contributed by atoms with Gasteiger partial charge in [-0.05, 0) is 48.2 Å². The SMILES string of the molecule is Cn1cncc1CC(OCS(=O)(=O)c1ccc(CCc2ccc(F)cc2)c(C(=O)O)c1)c1nccs1. The van der Waals surface area contributed by atoms with Crippen molar-refractivity contribution in [3.8, 4) is 0 Å². The summed E-state index contributed by atoms with van der Waals surface area (Å²) in [4.78, 5) is 20.1. The van der Waals surface area contributed by atoms with E-state index in [1.165, 1.54) is 41.7 Å². The normalized spacial score (nSPS) is 12.5. The molecule has 11 heteroatoms. The van der Waals surface area contributed by atoms with E-state index in [4.69, 9.17) is 4.74 Å². The highest BCUT2D eigenvalue weighted by molar-refractivity contribution is 7.91. The van der Waals surface area contributed by atoms with Crippen molar-refractivity contribution in [2.24, 2.45) is 7.05 Å². The maximum atomic E-state index is 13.1. The van der Waals surface area contributed by atoms with Gasteiger partial charge in [0.15, 0.2) is 5.94 Å². The van der Waals surface area contributed by atoms with Gasteiger partial charge in [0.25, 0.3) is 0 Å². The smallest absolute Gasteiger partial charge is 0.336 e. The van der Waals surface area contributed by atoms with Gasteiger partial charge in [-0.1, -0.05) is 18.2 Å². The van der Waals surface area contributed by atoms with Crippen molar-refractivity contribution in [2.75, 3.05) is 5.94 Å². The Balaban J connectivity index is 1.50. The molecular weight excluding hydrogens is 505 g/mol. The van der Waals surface area contributed by atoms with Gasteiger partial charge in [0.1, 0.15) is 16.9 Å². The number of ether oxygens (including phenoxy) is 1. The van der Waals surface area contributed by atoms with Crippen LogP contribution in [0.3, 0.4) is 0 Å². The molecule has 188 valence electrons. The van der Waals surface area contributed by atoms with Crippen molar-refractivity contribution in [1.29, 1.82) is 0 Å². The molecule has 1 atom stereocenters. The largest absolute Gasteiger partial charge is 0.478 e. The summed E-state index contributed by atoms with van der Waals surface area (Å²) in [5.41, 5.74) is 2.10. The maximum Gasteiger partial charge on any atom is 0.336 e. The van der Waals surface area contributed by atoms with Crippen LogP contribution in [0.1, 0.15) is 38.3 Å². The lowest BCUT2D eigenvalue weighted by Crippen LogP contribution is -2.17. The van der Waals surface area contributed by atoms with Crippen LogP contribution in [-0.2, 0) is 40.9 Å². The Morgan fingerprint density at radius 3 is 2.61 bits per heavy atom. The highest BCUT2D eigenvalue weighted by atomic mass is 32.2. The molecule has 1 unspecified atom stereocenters. The second-order valence-corrected chi connectivity index (χ2v) is 11.1. The first-order valence-corrected chi connectivity index (χ1v) is 13.6. The molecule has 0 aliphatic heterocycles. The van der Waals surface area contributed by atoms with Crippen LogP contribution in [-0.4, -0.2) is 40.0 Å². The molecule has 0 saturated heterocycles. The number of imidazole rings is 1. The van der Waals surface area contributed by atoms with Crippen LogP contribution < -0.4 is 0 Å². The first-order chi connectivity index (χ1) is 17.2. The second-order valence-electron chi connectivity index (χ2n) is 8.21. The van der Waals surface area contributed by atoms with Gasteiger partial charge in [-0.2, -0.15) is 0 Å². The molecule has 2 aromatic heterocycles. The Hall–Kier alpha value is -3.41. The lowest BCUT2D eigenvalue weighted by atomic mass is 10.00. The summed E-state index contributed by atoms with van der Waals surface area (Å²) in [5.74, 6) is -2.21. The van der Waals surface area contributed by atoms with E-state index in [9.17, 15) is 22.7 Å². The summed E-state index contributed by atoms with van der Waals surface area (Å²) in [6, 6.07) is 10.0. The molecule has 4 rings (SSSR count). The summed E-state index contributed by atoms with van der Waals surface area (Å²) in [7, 11) is -2.12. The Morgan fingerprint density at radius 2 is 1.97 bits per heavy atom. The van der Waals surface area contributed by atoms with E-state index in [2.05, 4.69) is 9.97 Å². The number of aromatic nitrogens is 3. The molecule has 0 radical (unpaired) electrons. The van der Waals surface area contributed by atoms with Crippen molar-refractivity contribution in [3.63, 3.8) is 0 Å². The van der Waals surface area contributed by atoms with Crippen molar-refractivity contribution in [3.05, 3.63) is 99.8 Å². The van der Waals surface area contributed by atoms with Gasteiger partial charge in [0.2, 0.25) is 9.84 Å². The number of hydrogen-bond donors (Lipinski definition) is 1. The van der Waals surface area contributed by atoms with E-state index < -0.39 is 27.8 Å². The van der Waals surface area contributed by atoms with Gasteiger partial charge >= 0.3 is 5.97 Å². The summed E-state index contributed by atoms with van der Waals surface area (Å²) in [6.45, 7) is 0. The highest BCUT2D eigenvalue weighted by Gasteiger charge is 2.24. The van der Waals surface area contributed by atoms with Crippen LogP contribution in [0.5, 0.6) is 0 Å². The zero-order chi connectivity index (χ0) is 25.7. The van der Waals surface area contributed by atoms with Crippen LogP contribution in [0.2, 0.25) is 0 Å². The molecule has 2 heterocycles. The average Bonchev–Trinajstić information content (AvgIpc) is 3.53. The summed E-state index contributed by atoms with van der Waals surface area (Å²) >= 11 is 1.36. The molecule has 2 aromatic carbocycles. The van der Waals surface area contributed by atoms with Crippen LogP contribution in [0, 0.1) is 5.82 Å². The number of aryl methyl sites for hydroxylation is 3. The number of rotatable bonds is 11. The fraction of sp³-hybridized carbons (Fsp3) is 0.240. The van der Waals surface area contributed by atoms with Crippen molar-refractivity contribution in [2.45, 2.75) is 30.3 Å². The molecular formula is C25H24FN3O5S2. The van der Waals surface area contributed by atoms with Crippen LogP contribution in [0.15, 0.2) is 71.5 Å². The quantitative estimate of drug-likeness (QED) is 0.309. The van der Waals surface area contributed by atoms with Crippen LogP contribution in [0.4, 0.5) is 4.39 Å². The standard InChI is InChI=1S/C25H24FN3O5S2/c1-29-15-27-14-20(29)12-23(24-28-10-11-35-24)34-16-36(32,33)21-9-6-18(22(13-21)25(30)31)5-2-17-3-7-19(26)8-4-17/h3-4,6-11,13-15,23H,2,5,12,16H2,1H3,(H,30,31). The Morgan fingerprint density at radius 1 is 1.19 bits per heavy atom. The van der Waals surface area contributed by atoms with E-state index in [-0.39, 0.29) is 16.3 Å². The molecule has 0 fully saturated rings. The Kier molecular flexibility index (Phi) is 7.92. The van der Waals surface area contributed by atoms with Gasteiger partial charge in [0.05, 0.1) is 16.8 Å². The maximum absolute atomic E-state index is 13.1. The molecule has 0 amide bonds. The van der Waals surface area contributed by atoms with Gasteiger partial charge in [-0.25, -0.2) is 27.6 Å². The predicted octanol–water partition coefficient (Wildman–Crippen LogP) is 4.23. The fourth-order valence-corrected chi connectivity index (χ4v) is 5.46. The first kappa shape index (κ1) is 25.7. The van der Waals surface area contributed by atoms with Gasteiger partial charge in [0, 0.05) is 36.9 Å². The Labute approximate surface area is 212 Å². The molecule has 36 heavy (non-hydrogen) atoms. The van der Waals surface area contributed by atoms with Crippen molar-refractivity contribution in [1.82, 2.24) is 14.5 Å². The van der Waals surface area contributed by atoms with E-state index in [1.54, 1.807) is 36.2 Å². The monoisotopic (exact) mass is 529 g/mol. The Bertz CT molecular complexity index is 1430. The molecule has 8 nitrogen and oxygen atoms in total. The lowest BCUT2D eigenvalue weighted by molar-refractivity contribution is 0.0695. The fourth-order valence-electron chi connectivity index (χ4n) is 3.72. The zero-order valence-electron chi connectivity index (χ0n) is 19.4. The highest BCUT2D eigenvalue weighted by Crippen LogP contribution is 2.26. The number of halogens is 1. The number of carboxylic acid groups (broad SMARTS) is 1. The number of thiazole rings is 1. The lowest BCUT2D eigenvalue weighted by Gasteiger charge is -2.17. The van der Waals surface area contributed by atoms with Crippen LogP contribution >= 0.6 is 11.3 Å². The minimum Gasteiger partial charge on any atom is -0.478 e. The zero-order valence-corrected chi connectivity index (χ0v) is 21.0. The molecule has 0 aliphatic carbocycles. The number of sulfone groups is 1. The molecule has 0 saturated carbocycles. The number of benzene rings is 2. The van der Waals surface area contributed by atoms with Gasteiger partial charge < -0.3 is 14.4 Å². The summed E-state index contributed by atoms with van der Waals surface area (Å²) in [6.07, 6.45) is 5.57. The minimum absolute atomic E-state index is 0.0930.